The van der Waals surface area contributed by atoms with Gasteiger partial charge in [-0.25, -0.2) is 8.42 Å². The summed E-state index contributed by atoms with van der Waals surface area (Å²) in [7, 11) is -2.29. The topological polar surface area (TPSA) is 88.6 Å². The molecule has 1 aliphatic heterocycles. The zero-order valence-electron chi connectivity index (χ0n) is 19.2. The molecule has 0 bridgehead atoms. The van der Waals surface area contributed by atoms with E-state index in [2.05, 4.69) is 10.3 Å². The van der Waals surface area contributed by atoms with Gasteiger partial charge in [0.25, 0.3) is 5.91 Å². The number of aryl methyl sites for hydroxylation is 1. The van der Waals surface area contributed by atoms with Gasteiger partial charge in [-0.3, -0.25) is 9.78 Å². The van der Waals surface area contributed by atoms with E-state index in [1.807, 2.05) is 38.1 Å². The van der Waals surface area contributed by atoms with Crippen LogP contribution in [-0.2, 0) is 16.4 Å². The predicted octanol–water partition coefficient (Wildman–Crippen LogP) is 4.54. The highest BCUT2D eigenvalue weighted by molar-refractivity contribution is 7.89. The van der Waals surface area contributed by atoms with Gasteiger partial charge in [0.15, 0.2) is 0 Å². The van der Waals surface area contributed by atoms with Crippen molar-refractivity contribution in [2.75, 3.05) is 25.5 Å². The van der Waals surface area contributed by atoms with Crippen molar-refractivity contribution in [2.45, 2.75) is 44.4 Å². The van der Waals surface area contributed by atoms with Crippen LogP contribution in [0.15, 0.2) is 47.4 Å². The molecule has 174 valence electrons. The van der Waals surface area contributed by atoms with E-state index in [1.165, 1.54) is 17.5 Å². The van der Waals surface area contributed by atoms with Crippen LogP contribution in [0.4, 0.5) is 5.69 Å². The number of piperidine rings is 1. The lowest BCUT2D eigenvalue weighted by atomic mass is 9.99. The summed E-state index contributed by atoms with van der Waals surface area (Å²) < 4.78 is 33.5. The number of anilines is 1. The molecule has 1 aromatic heterocycles. The Morgan fingerprint density at radius 2 is 1.85 bits per heavy atom. The second-order valence-electron chi connectivity index (χ2n) is 8.21. The van der Waals surface area contributed by atoms with E-state index in [0.717, 1.165) is 41.4 Å². The maximum Gasteiger partial charge on any atom is 0.256 e. The van der Waals surface area contributed by atoms with Crippen LogP contribution >= 0.6 is 0 Å². The summed E-state index contributed by atoms with van der Waals surface area (Å²) in [5.41, 5.74) is 3.39. The lowest BCUT2D eigenvalue weighted by molar-refractivity contribution is 0.102. The molecule has 1 fully saturated rings. The summed E-state index contributed by atoms with van der Waals surface area (Å²) in [6, 6.07) is 12.3. The molecule has 0 radical (unpaired) electrons. The molecule has 2 heterocycles. The van der Waals surface area contributed by atoms with Crippen molar-refractivity contribution in [3.63, 3.8) is 0 Å². The normalized spacial score (nSPS) is 14.9. The molecule has 4 rings (SSSR count). The lowest BCUT2D eigenvalue weighted by Crippen LogP contribution is -2.35. The number of carbonyl (C=O) groups excluding carboxylic acids is 1. The van der Waals surface area contributed by atoms with Gasteiger partial charge in [-0.2, -0.15) is 4.31 Å². The van der Waals surface area contributed by atoms with Gasteiger partial charge in [-0.15, -0.1) is 0 Å². The van der Waals surface area contributed by atoms with Crippen molar-refractivity contribution in [1.82, 2.24) is 9.29 Å². The number of aromatic nitrogens is 1. The molecule has 0 unspecified atom stereocenters. The van der Waals surface area contributed by atoms with Crippen LogP contribution in [0.25, 0.3) is 10.9 Å². The highest BCUT2D eigenvalue weighted by Gasteiger charge is 2.29. The van der Waals surface area contributed by atoms with E-state index < -0.39 is 10.0 Å². The summed E-state index contributed by atoms with van der Waals surface area (Å²) in [6.45, 7) is 4.88. The van der Waals surface area contributed by atoms with Crippen molar-refractivity contribution in [3.8, 4) is 5.75 Å². The summed E-state index contributed by atoms with van der Waals surface area (Å²) in [5, 5.41) is 3.67. The molecule has 0 saturated carbocycles. The van der Waals surface area contributed by atoms with Crippen LogP contribution in [0.5, 0.6) is 5.75 Å². The van der Waals surface area contributed by atoms with Gasteiger partial charge in [0.1, 0.15) is 10.6 Å². The SMILES string of the molecule is CCc1nc2ccccc2c(C(=O)Nc2ccc(OC)c(S(=O)(=O)N3CCCCC3)c2)c1C. The number of pyridine rings is 1. The molecule has 0 atom stereocenters. The Morgan fingerprint density at radius 3 is 2.55 bits per heavy atom. The first kappa shape index (κ1) is 23.2. The number of hydrogen-bond acceptors (Lipinski definition) is 5. The zero-order valence-corrected chi connectivity index (χ0v) is 20.0. The minimum Gasteiger partial charge on any atom is -0.495 e. The number of para-hydroxylation sites is 1. The first-order valence-corrected chi connectivity index (χ1v) is 12.7. The zero-order chi connectivity index (χ0) is 23.6. The Labute approximate surface area is 194 Å². The Balaban J connectivity index is 1.73. The number of amides is 1. The number of rotatable bonds is 6. The van der Waals surface area contributed by atoms with Crippen LogP contribution in [0.2, 0.25) is 0 Å². The average molecular weight is 468 g/mol. The number of carbonyl (C=O) groups is 1. The van der Waals surface area contributed by atoms with Crippen molar-refractivity contribution in [2.24, 2.45) is 0 Å². The summed E-state index contributed by atoms with van der Waals surface area (Å²) >= 11 is 0. The number of ether oxygens (including phenoxy) is 1. The van der Waals surface area contributed by atoms with Gasteiger partial charge in [-0.1, -0.05) is 31.5 Å². The van der Waals surface area contributed by atoms with E-state index >= 15 is 0 Å². The van der Waals surface area contributed by atoms with E-state index in [1.54, 1.807) is 12.1 Å². The van der Waals surface area contributed by atoms with E-state index in [0.29, 0.717) is 30.8 Å². The van der Waals surface area contributed by atoms with Gasteiger partial charge in [0, 0.05) is 29.9 Å². The number of methoxy groups -OCH3 is 1. The molecule has 0 aliphatic carbocycles. The second-order valence-corrected chi connectivity index (χ2v) is 10.1. The van der Waals surface area contributed by atoms with Gasteiger partial charge in [0.2, 0.25) is 10.0 Å². The lowest BCUT2D eigenvalue weighted by Gasteiger charge is -2.26. The van der Waals surface area contributed by atoms with Gasteiger partial charge < -0.3 is 10.1 Å². The van der Waals surface area contributed by atoms with Crippen LogP contribution in [-0.4, -0.2) is 43.8 Å². The quantitative estimate of drug-likeness (QED) is 0.575. The molecule has 0 spiro atoms. The Bertz CT molecular complexity index is 1300. The molecule has 1 amide bonds. The minimum absolute atomic E-state index is 0.0651. The van der Waals surface area contributed by atoms with Crippen LogP contribution in [0.1, 0.15) is 47.8 Å². The second kappa shape index (κ2) is 9.49. The maximum absolute atomic E-state index is 13.4. The third-order valence-corrected chi connectivity index (χ3v) is 8.07. The highest BCUT2D eigenvalue weighted by atomic mass is 32.2. The molecule has 2 aromatic carbocycles. The fraction of sp³-hybridized carbons (Fsp3) is 0.360. The molecule has 8 heteroatoms. The molecule has 7 nitrogen and oxygen atoms in total. The summed E-state index contributed by atoms with van der Waals surface area (Å²) in [5.74, 6) is -0.0373. The van der Waals surface area contributed by atoms with Crippen molar-refractivity contribution in [3.05, 3.63) is 59.3 Å². The fourth-order valence-electron chi connectivity index (χ4n) is 4.39. The highest BCUT2D eigenvalue weighted by Crippen LogP contribution is 2.32. The van der Waals surface area contributed by atoms with Crippen molar-refractivity contribution < 1.29 is 17.9 Å². The molecule has 33 heavy (non-hydrogen) atoms. The number of hydrogen-bond donors (Lipinski definition) is 1. The van der Waals surface area contributed by atoms with Crippen LogP contribution in [0, 0.1) is 6.92 Å². The first-order valence-electron chi connectivity index (χ1n) is 11.2. The third-order valence-electron chi connectivity index (χ3n) is 6.15. The van der Waals surface area contributed by atoms with Crippen molar-refractivity contribution >= 4 is 32.5 Å². The molecule has 1 N–H and O–H groups in total. The Hall–Kier alpha value is -2.97. The number of sulfonamides is 1. The van der Waals surface area contributed by atoms with Crippen LogP contribution in [0.3, 0.4) is 0 Å². The Kier molecular flexibility index (Phi) is 6.67. The minimum atomic E-state index is -3.73. The molecule has 1 aliphatic rings. The third kappa shape index (κ3) is 4.45. The smallest absolute Gasteiger partial charge is 0.256 e. The number of fused-ring (bicyclic) bond motifs is 1. The summed E-state index contributed by atoms with van der Waals surface area (Å²) in [4.78, 5) is 18.2. The number of nitrogens with one attached hydrogen (secondary N) is 1. The van der Waals surface area contributed by atoms with Gasteiger partial charge >= 0.3 is 0 Å². The molecule has 3 aromatic rings. The average Bonchev–Trinajstić information content (AvgIpc) is 2.84. The largest absolute Gasteiger partial charge is 0.495 e. The van der Waals surface area contributed by atoms with Crippen LogP contribution < -0.4 is 10.1 Å². The molecular weight excluding hydrogens is 438 g/mol. The van der Waals surface area contributed by atoms with E-state index in [4.69, 9.17) is 4.74 Å². The molecule has 1 saturated heterocycles. The monoisotopic (exact) mass is 467 g/mol. The fourth-order valence-corrected chi connectivity index (χ4v) is 6.09. The standard InChI is InChI=1S/C25H29N3O4S/c1-4-20-17(2)24(19-10-6-7-11-21(19)27-20)25(29)26-18-12-13-22(32-3)23(16-18)33(30,31)28-14-8-5-9-15-28/h6-7,10-13,16H,4-5,8-9,14-15H2,1-3H3,(H,26,29). The summed E-state index contributed by atoms with van der Waals surface area (Å²) in [6.07, 6.45) is 3.41. The van der Waals surface area contributed by atoms with Gasteiger partial charge in [0.05, 0.1) is 18.2 Å². The van der Waals surface area contributed by atoms with E-state index in [9.17, 15) is 13.2 Å². The molecular formula is C25H29N3O4S. The van der Waals surface area contributed by atoms with E-state index in [-0.39, 0.29) is 16.6 Å². The maximum atomic E-state index is 13.4. The Morgan fingerprint density at radius 1 is 1.12 bits per heavy atom. The predicted molar refractivity (Wildman–Crippen MR) is 129 cm³/mol. The van der Waals surface area contributed by atoms with Gasteiger partial charge in [-0.05, 0) is 56.0 Å². The van der Waals surface area contributed by atoms with Crippen molar-refractivity contribution in [1.29, 1.82) is 0 Å². The number of benzene rings is 2. The first-order chi connectivity index (χ1) is 15.9. The number of nitrogens with zero attached hydrogens (tertiary/aromatic N) is 2.